The van der Waals surface area contributed by atoms with Crippen molar-refractivity contribution in [1.82, 2.24) is 4.57 Å². The van der Waals surface area contributed by atoms with E-state index in [1.807, 2.05) is 2.89 Å². The minimum absolute atomic E-state index is 0.764. The number of thiophene rings is 3. The van der Waals surface area contributed by atoms with Crippen LogP contribution in [-0.2, 0) is 7.05 Å². The van der Waals surface area contributed by atoms with Crippen molar-refractivity contribution >= 4 is 97.7 Å². The molecule has 0 aliphatic carbocycles. The van der Waals surface area contributed by atoms with Crippen molar-refractivity contribution in [3.63, 3.8) is 0 Å². The van der Waals surface area contributed by atoms with Crippen LogP contribution in [0.5, 0.6) is 0 Å². The molecule has 4 heterocycles. The zero-order valence-electron chi connectivity index (χ0n) is 25.9. The van der Waals surface area contributed by atoms with Crippen LogP contribution < -0.4 is 7.39 Å². The van der Waals surface area contributed by atoms with Gasteiger partial charge in [0.25, 0.3) is 0 Å². The second-order valence-corrected chi connectivity index (χ2v) is 36.5. The van der Waals surface area contributed by atoms with E-state index < -0.39 is 26.5 Å². The van der Waals surface area contributed by atoms with Crippen LogP contribution in [0.2, 0.25) is 29.9 Å². The molecule has 0 aromatic carbocycles. The molecule has 4 aromatic rings. The van der Waals surface area contributed by atoms with Gasteiger partial charge in [-0.15, -0.1) is 0 Å². The van der Waals surface area contributed by atoms with E-state index in [2.05, 4.69) is 120 Å². The van der Waals surface area contributed by atoms with E-state index in [9.17, 15) is 0 Å². The fraction of sp³-hybridized carbons (Fsp3) is 0.688. The van der Waals surface area contributed by atoms with E-state index >= 15 is 0 Å². The summed E-state index contributed by atoms with van der Waals surface area (Å²) in [6.45, 7) is 22.2. The van der Waals surface area contributed by atoms with Crippen LogP contribution in [-0.4, -0.2) is 31.0 Å². The molecule has 38 heavy (non-hydrogen) atoms. The normalized spacial score (nSPS) is 13.6. The first-order valence-corrected chi connectivity index (χ1v) is 27.7. The van der Waals surface area contributed by atoms with Crippen molar-refractivity contribution in [3.8, 4) is 0 Å². The van der Waals surface area contributed by atoms with E-state index in [1.54, 1.807) is 36.6 Å². The zero-order valence-corrected chi connectivity index (χ0v) is 32.2. The SMILES string of the molecule is CCC[CH2][Sn]([CH2]CCC)([CH2]CCC)[c]1cc2c(s1)c1sc3cc([Si](C(C)C)(C(C)C)C(C)C)sc3c1n2C. The third-order valence-electron chi connectivity index (χ3n) is 9.80. The van der Waals surface area contributed by atoms with Gasteiger partial charge >= 0.3 is 252 Å². The number of aromatic nitrogens is 1. The van der Waals surface area contributed by atoms with Crippen molar-refractivity contribution in [2.24, 2.45) is 7.05 Å². The fourth-order valence-electron chi connectivity index (χ4n) is 7.87. The molecule has 0 bridgehead atoms. The first-order chi connectivity index (χ1) is 18.1. The van der Waals surface area contributed by atoms with Gasteiger partial charge in [-0.2, -0.15) is 0 Å². The Balaban J connectivity index is 1.88. The molecule has 0 unspecified atom stereocenters. The summed E-state index contributed by atoms with van der Waals surface area (Å²) < 4.78 is 17.3. The van der Waals surface area contributed by atoms with Crippen LogP contribution >= 0.6 is 34.0 Å². The third-order valence-corrected chi connectivity index (χ3v) is 39.6. The first kappa shape index (κ1) is 31.1. The van der Waals surface area contributed by atoms with Gasteiger partial charge in [0.2, 0.25) is 0 Å². The molecular weight excluding hydrogens is 641 g/mol. The van der Waals surface area contributed by atoms with E-state index in [1.165, 1.54) is 49.6 Å². The molecule has 0 aliphatic rings. The molecule has 4 rings (SSSR count). The number of aryl methyl sites for hydroxylation is 1. The number of rotatable bonds is 14. The number of unbranched alkanes of at least 4 members (excludes halogenated alkanes) is 3. The summed E-state index contributed by atoms with van der Waals surface area (Å²) in [7, 11) is 0.743. The van der Waals surface area contributed by atoms with Crippen LogP contribution in [0.1, 0.15) is 101 Å². The summed E-state index contributed by atoms with van der Waals surface area (Å²) in [6, 6.07) is 5.38. The fourth-order valence-corrected chi connectivity index (χ4v) is 40.1. The average Bonchev–Trinajstić information content (AvgIpc) is 3.59. The predicted octanol–water partition coefficient (Wildman–Crippen LogP) is 11.6. The molecule has 0 atom stereocenters. The average molecular weight is 695 g/mol. The van der Waals surface area contributed by atoms with Gasteiger partial charge in [0, 0.05) is 0 Å². The maximum absolute atomic E-state index is 2.72. The Morgan fingerprint density at radius 3 is 1.71 bits per heavy atom. The maximum atomic E-state index is 2.72. The molecule has 0 radical (unpaired) electrons. The number of hydrogen-bond donors (Lipinski definition) is 0. The van der Waals surface area contributed by atoms with Crippen molar-refractivity contribution in [3.05, 3.63) is 12.1 Å². The van der Waals surface area contributed by atoms with Gasteiger partial charge in [0.05, 0.1) is 0 Å². The van der Waals surface area contributed by atoms with E-state index in [0.717, 1.165) is 16.6 Å². The Hall–Kier alpha value is 0.176. The number of nitrogens with zero attached hydrogens (tertiary/aromatic N) is 1. The van der Waals surface area contributed by atoms with Crippen molar-refractivity contribution < 1.29 is 0 Å². The van der Waals surface area contributed by atoms with Crippen LogP contribution in [0, 0.1) is 0 Å². The summed E-state index contributed by atoms with van der Waals surface area (Å²) >= 11 is 4.11. The van der Waals surface area contributed by atoms with Gasteiger partial charge in [-0.3, -0.25) is 0 Å². The van der Waals surface area contributed by atoms with Gasteiger partial charge in [0.15, 0.2) is 0 Å². The Bertz CT molecular complexity index is 1310. The second kappa shape index (κ2) is 12.6. The first-order valence-electron chi connectivity index (χ1n) is 15.5. The van der Waals surface area contributed by atoms with Crippen LogP contribution in [0.3, 0.4) is 0 Å². The van der Waals surface area contributed by atoms with Gasteiger partial charge in [0.1, 0.15) is 0 Å². The molecule has 0 saturated heterocycles. The quantitative estimate of drug-likeness (QED) is 0.116. The van der Waals surface area contributed by atoms with Gasteiger partial charge < -0.3 is 0 Å². The molecule has 0 fully saturated rings. The van der Waals surface area contributed by atoms with E-state index in [-0.39, 0.29) is 0 Å². The molecule has 0 aliphatic heterocycles. The Labute approximate surface area is 250 Å². The minimum atomic E-state index is -2.41. The summed E-state index contributed by atoms with van der Waals surface area (Å²) in [5.74, 6) is 0. The molecule has 6 heteroatoms. The van der Waals surface area contributed by atoms with Crippen molar-refractivity contribution in [2.45, 2.75) is 131 Å². The van der Waals surface area contributed by atoms with E-state index in [0.29, 0.717) is 0 Å². The van der Waals surface area contributed by atoms with Crippen LogP contribution in [0.25, 0.3) is 29.8 Å². The van der Waals surface area contributed by atoms with Crippen molar-refractivity contribution in [2.75, 3.05) is 0 Å². The molecule has 1 nitrogen and oxygen atoms in total. The molecule has 0 spiro atoms. The van der Waals surface area contributed by atoms with Gasteiger partial charge in [-0.25, -0.2) is 0 Å². The summed E-state index contributed by atoms with van der Waals surface area (Å²) in [6.07, 6.45) is 8.38. The number of hydrogen-bond acceptors (Lipinski definition) is 3. The molecule has 0 saturated carbocycles. The van der Waals surface area contributed by atoms with Crippen LogP contribution in [0.4, 0.5) is 0 Å². The molecule has 0 amide bonds. The number of fused-ring (bicyclic) bond motifs is 5. The molecular formula is C32H53NS3SiSn. The predicted molar refractivity (Wildman–Crippen MR) is 187 cm³/mol. The monoisotopic (exact) mass is 695 g/mol. The Morgan fingerprint density at radius 2 is 1.24 bits per heavy atom. The van der Waals surface area contributed by atoms with Gasteiger partial charge in [-0.1, -0.05) is 0 Å². The van der Waals surface area contributed by atoms with E-state index in [4.69, 9.17) is 0 Å². The zero-order chi connectivity index (χ0) is 27.8. The molecule has 212 valence electrons. The second-order valence-electron chi connectivity index (χ2n) is 13.0. The summed E-state index contributed by atoms with van der Waals surface area (Å²) in [5.41, 5.74) is 5.36. The molecule has 4 aromatic heterocycles. The summed E-state index contributed by atoms with van der Waals surface area (Å²) in [5, 5.41) is 0. The Morgan fingerprint density at radius 1 is 0.711 bits per heavy atom. The molecule has 0 N–H and O–H groups in total. The Kier molecular flexibility index (Phi) is 10.3. The van der Waals surface area contributed by atoms with Crippen molar-refractivity contribution in [1.29, 1.82) is 0 Å². The third kappa shape index (κ3) is 5.16. The van der Waals surface area contributed by atoms with Crippen LogP contribution in [0.15, 0.2) is 12.1 Å². The van der Waals surface area contributed by atoms with Gasteiger partial charge in [-0.05, 0) is 0 Å². The topological polar surface area (TPSA) is 4.93 Å². The summed E-state index contributed by atoms with van der Waals surface area (Å²) in [4.78, 5) is 0. The standard InChI is InChI=1S/C20H26NS3Si.3C4H9.Sn/c1-11(2)25(12(3)4,13(5)6)16-10-15-19(24-16)17-20(23-15)18-14(21(17)7)8-9-22-18;3*1-3-4-2;/h8,10-13H,1-7H3;3*1,3-4H2,2H3;.